The van der Waals surface area contributed by atoms with Gasteiger partial charge in [0.05, 0.1) is 5.56 Å². The molecule has 1 aliphatic carbocycles. The first kappa shape index (κ1) is 20.9. The number of hydrogen-bond donors (Lipinski definition) is 3. The van der Waals surface area contributed by atoms with Gasteiger partial charge >= 0.3 is 0 Å². The molecular weight excluding hydrogens is 445 g/mol. The second-order valence-electron chi connectivity index (χ2n) is 8.49. The van der Waals surface area contributed by atoms with Crippen LogP contribution in [0, 0.1) is 5.82 Å². The molecule has 0 radical (unpaired) electrons. The Bertz CT molecular complexity index is 1520. The molecular formula is C26H20FN7O. The van der Waals surface area contributed by atoms with E-state index in [1.165, 1.54) is 23.3 Å². The molecule has 0 bridgehead atoms. The van der Waals surface area contributed by atoms with E-state index in [9.17, 15) is 9.18 Å². The summed E-state index contributed by atoms with van der Waals surface area (Å²) in [5, 5.41) is 16.3. The van der Waals surface area contributed by atoms with E-state index in [1.54, 1.807) is 24.5 Å². The Labute approximate surface area is 199 Å². The van der Waals surface area contributed by atoms with Crippen molar-refractivity contribution in [3.05, 3.63) is 95.6 Å². The van der Waals surface area contributed by atoms with Crippen LogP contribution in [0.25, 0.3) is 22.2 Å². The van der Waals surface area contributed by atoms with E-state index in [4.69, 9.17) is 0 Å². The first-order valence-electron chi connectivity index (χ1n) is 11.2. The molecule has 172 valence electrons. The van der Waals surface area contributed by atoms with Crippen LogP contribution in [-0.2, 0) is 12.8 Å². The zero-order valence-electron chi connectivity index (χ0n) is 18.5. The number of benzene rings is 3. The average molecular weight is 465 g/mol. The number of aromatic nitrogens is 5. The summed E-state index contributed by atoms with van der Waals surface area (Å²) in [6, 6.07) is 18.5. The third-order valence-electron chi connectivity index (χ3n) is 6.14. The van der Waals surface area contributed by atoms with E-state index in [0.29, 0.717) is 22.7 Å². The van der Waals surface area contributed by atoms with Crippen molar-refractivity contribution in [3.63, 3.8) is 0 Å². The number of anilines is 2. The van der Waals surface area contributed by atoms with E-state index >= 15 is 0 Å². The number of carbonyl (C=O) groups is 1. The lowest BCUT2D eigenvalue weighted by Gasteiger charge is -2.12. The highest BCUT2D eigenvalue weighted by Gasteiger charge is 2.21. The third kappa shape index (κ3) is 4.19. The van der Waals surface area contributed by atoms with Crippen molar-refractivity contribution in [3.8, 4) is 11.1 Å². The minimum Gasteiger partial charge on any atom is -0.351 e. The molecule has 0 unspecified atom stereocenters. The SMILES string of the molecule is O=C(Nc1cccc(-c2cnc(NC3Cc4ccccc4C3)nc2)c1)c1cc2n[nH]nc2cc1F. The molecule has 5 aromatic rings. The average Bonchev–Trinajstić information content (AvgIpc) is 3.50. The molecule has 1 aliphatic rings. The van der Waals surface area contributed by atoms with Crippen molar-refractivity contribution in [2.45, 2.75) is 18.9 Å². The summed E-state index contributed by atoms with van der Waals surface area (Å²) in [5.41, 5.74) is 5.55. The second kappa shape index (κ2) is 8.60. The van der Waals surface area contributed by atoms with Crippen molar-refractivity contribution in [2.24, 2.45) is 0 Å². The van der Waals surface area contributed by atoms with Gasteiger partial charge in [0.1, 0.15) is 16.9 Å². The summed E-state index contributed by atoms with van der Waals surface area (Å²) in [6.07, 6.45) is 5.40. The predicted molar refractivity (Wildman–Crippen MR) is 131 cm³/mol. The zero-order valence-corrected chi connectivity index (χ0v) is 18.5. The lowest BCUT2D eigenvalue weighted by molar-refractivity contribution is 0.102. The van der Waals surface area contributed by atoms with Gasteiger partial charge in [-0.3, -0.25) is 4.79 Å². The molecule has 0 spiro atoms. The zero-order chi connectivity index (χ0) is 23.8. The van der Waals surface area contributed by atoms with Gasteiger partial charge in [0.2, 0.25) is 5.95 Å². The minimum atomic E-state index is -0.665. The second-order valence-corrected chi connectivity index (χ2v) is 8.49. The molecule has 6 rings (SSSR count). The number of carbonyl (C=O) groups excluding carboxylic acids is 1. The number of nitrogens with one attached hydrogen (secondary N) is 3. The van der Waals surface area contributed by atoms with Crippen molar-refractivity contribution < 1.29 is 9.18 Å². The van der Waals surface area contributed by atoms with E-state index in [-0.39, 0.29) is 11.6 Å². The highest BCUT2D eigenvalue weighted by atomic mass is 19.1. The highest BCUT2D eigenvalue weighted by molar-refractivity contribution is 6.06. The van der Waals surface area contributed by atoms with Crippen molar-refractivity contribution >= 4 is 28.6 Å². The van der Waals surface area contributed by atoms with Crippen LogP contribution in [0.1, 0.15) is 21.5 Å². The predicted octanol–water partition coefficient (Wildman–Crippen LogP) is 4.39. The highest BCUT2D eigenvalue weighted by Crippen LogP contribution is 2.25. The number of H-pyrrole nitrogens is 1. The molecule has 35 heavy (non-hydrogen) atoms. The first-order chi connectivity index (χ1) is 17.1. The van der Waals surface area contributed by atoms with Crippen LogP contribution in [0.15, 0.2) is 73.1 Å². The molecule has 2 aromatic heterocycles. The Morgan fingerprint density at radius 2 is 1.60 bits per heavy atom. The smallest absolute Gasteiger partial charge is 0.258 e. The Morgan fingerprint density at radius 3 is 2.34 bits per heavy atom. The maximum atomic E-state index is 14.4. The summed E-state index contributed by atoms with van der Waals surface area (Å²) in [6.45, 7) is 0. The maximum Gasteiger partial charge on any atom is 0.258 e. The van der Waals surface area contributed by atoms with Gasteiger partial charge in [-0.15, -0.1) is 0 Å². The summed E-state index contributed by atoms with van der Waals surface area (Å²) in [4.78, 5) is 21.7. The monoisotopic (exact) mass is 465 g/mol. The number of fused-ring (bicyclic) bond motifs is 2. The van der Waals surface area contributed by atoms with Gasteiger partial charge < -0.3 is 10.6 Å². The molecule has 2 heterocycles. The van der Waals surface area contributed by atoms with E-state index in [2.05, 4.69) is 60.3 Å². The number of aromatic amines is 1. The molecule has 0 fully saturated rings. The molecule has 9 heteroatoms. The van der Waals surface area contributed by atoms with Gasteiger partial charge in [0.25, 0.3) is 5.91 Å². The van der Waals surface area contributed by atoms with Crippen LogP contribution in [0.4, 0.5) is 16.0 Å². The standard InChI is InChI=1S/C26H20FN7O/c27-22-12-24-23(32-34-33-24)11-21(22)25(35)30-19-7-3-6-17(8-19)18-13-28-26(29-14-18)31-20-9-15-4-1-2-5-16(15)10-20/h1-8,11-14,20H,9-10H2,(H,30,35)(H,28,29,31)(H,32,33,34). The molecule has 8 nitrogen and oxygen atoms in total. The summed E-state index contributed by atoms with van der Waals surface area (Å²) in [7, 11) is 0. The molecule has 0 aliphatic heterocycles. The minimum absolute atomic E-state index is 0.107. The van der Waals surface area contributed by atoms with Crippen LogP contribution in [-0.4, -0.2) is 37.3 Å². The van der Waals surface area contributed by atoms with Crippen LogP contribution in [0.3, 0.4) is 0 Å². The number of nitrogens with zero attached hydrogens (tertiary/aromatic N) is 4. The van der Waals surface area contributed by atoms with E-state index in [1.807, 2.05) is 12.1 Å². The van der Waals surface area contributed by atoms with Gasteiger partial charge in [-0.25, -0.2) is 14.4 Å². The van der Waals surface area contributed by atoms with Crippen molar-refractivity contribution in [1.82, 2.24) is 25.4 Å². The number of halogens is 1. The Hall–Kier alpha value is -4.66. The Morgan fingerprint density at radius 1 is 0.886 bits per heavy atom. The van der Waals surface area contributed by atoms with Crippen molar-refractivity contribution in [1.29, 1.82) is 0 Å². The normalized spacial score (nSPS) is 13.1. The van der Waals surface area contributed by atoms with Gasteiger partial charge in [0, 0.05) is 35.8 Å². The lowest BCUT2D eigenvalue weighted by Crippen LogP contribution is -2.20. The number of amides is 1. The maximum absolute atomic E-state index is 14.4. The molecule has 0 atom stereocenters. The van der Waals surface area contributed by atoms with Crippen LogP contribution >= 0.6 is 0 Å². The quantitative estimate of drug-likeness (QED) is 0.355. The summed E-state index contributed by atoms with van der Waals surface area (Å²) < 4.78 is 14.4. The van der Waals surface area contributed by atoms with E-state index < -0.39 is 11.7 Å². The summed E-state index contributed by atoms with van der Waals surface area (Å²) >= 11 is 0. The third-order valence-corrected chi connectivity index (χ3v) is 6.14. The van der Waals surface area contributed by atoms with Gasteiger partial charge in [-0.1, -0.05) is 36.4 Å². The van der Waals surface area contributed by atoms with E-state index in [0.717, 1.165) is 24.0 Å². The molecule has 0 saturated heterocycles. The Balaban J connectivity index is 1.15. The van der Waals surface area contributed by atoms with Crippen LogP contribution in [0.5, 0.6) is 0 Å². The van der Waals surface area contributed by atoms with Gasteiger partial charge in [-0.05, 0) is 47.7 Å². The van der Waals surface area contributed by atoms with Crippen LogP contribution < -0.4 is 10.6 Å². The number of rotatable bonds is 5. The molecule has 0 saturated carbocycles. The number of hydrogen-bond acceptors (Lipinski definition) is 6. The Kier molecular flexibility index (Phi) is 5.14. The molecule has 3 N–H and O–H groups in total. The molecule has 3 aromatic carbocycles. The van der Waals surface area contributed by atoms with Crippen molar-refractivity contribution in [2.75, 3.05) is 10.6 Å². The molecule has 1 amide bonds. The topological polar surface area (TPSA) is 108 Å². The summed E-state index contributed by atoms with van der Waals surface area (Å²) in [5.74, 6) is -0.658. The van der Waals surface area contributed by atoms with Crippen LogP contribution in [0.2, 0.25) is 0 Å². The van der Waals surface area contributed by atoms with Gasteiger partial charge in [0.15, 0.2) is 0 Å². The van der Waals surface area contributed by atoms with Gasteiger partial charge in [-0.2, -0.15) is 15.4 Å². The fraction of sp³-hybridized carbons (Fsp3) is 0.115. The fourth-order valence-electron chi connectivity index (χ4n) is 4.41. The lowest BCUT2D eigenvalue weighted by atomic mass is 10.1. The first-order valence-corrected chi connectivity index (χ1v) is 11.2. The largest absolute Gasteiger partial charge is 0.351 e. The fourth-order valence-corrected chi connectivity index (χ4v) is 4.41.